The Bertz CT molecular complexity index is 869. The van der Waals surface area contributed by atoms with Crippen molar-refractivity contribution in [3.63, 3.8) is 0 Å². The minimum absolute atomic E-state index is 0.0545. The summed E-state index contributed by atoms with van der Waals surface area (Å²) in [5.74, 6) is -0.0213. The number of hydrogen-bond acceptors (Lipinski definition) is 4. The summed E-state index contributed by atoms with van der Waals surface area (Å²) in [5.41, 5.74) is 0.539. The minimum Gasteiger partial charge on any atom is -0.458 e. The first-order valence-corrected chi connectivity index (χ1v) is 10.9. The van der Waals surface area contributed by atoms with Crippen LogP contribution in [0.5, 0.6) is 0 Å². The lowest BCUT2D eigenvalue weighted by Crippen LogP contribution is -2.31. The minimum atomic E-state index is -3.33. The third-order valence-corrected chi connectivity index (χ3v) is 6.52. The van der Waals surface area contributed by atoms with Crippen LogP contribution in [0.3, 0.4) is 0 Å². The van der Waals surface area contributed by atoms with Gasteiger partial charge in [0.15, 0.2) is 9.84 Å². The molecule has 1 saturated carbocycles. The topological polar surface area (TPSA) is 60.4 Å². The van der Waals surface area contributed by atoms with Gasteiger partial charge in [0, 0.05) is 6.42 Å². The smallest absolute Gasteiger partial charge is 0.338 e. The Labute approximate surface area is 160 Å². The van der Waals surface area contributed by atoms with E-state index >= 15 is 0 Å². The second-order valence-corrected chi connectivity index (χ2v) is 8.84. The van der Waals surface area contributed by atoms with Gasteiger partial charge in [-0.3, -0.25) is 0 Å². The summed E-state index contributed by atoms with van der Waals surface area (Å²) in [6, 6.07) is 17.4. The van der Waals surface area contributed by atoms with E-state index in [-0.39, 0.29) is 17.8 Å². The van der Waals surface area contributed by atoms with Gasteiger partial charge in [-0.05, 0) is 43.0 Å². The summed E-state index contributed by atoms with van der Waals surface area (Å²) in [6.07, 6.45) is 7.05. The number of benzene rings is 2. The van der Waals surface area contributed by atoms with Crippen molar-refractivity contribution in [3.8, 4) is 0 Å². The lowest BCUT2D eigenvalue weighted by molar-refractivity contribution is 0.000717. The first-order valence-electron chi connectivity index (χ1n) is 9.25. The zero-order chi connectivity index (χ0) is 19.1. The van der Waals surface area contributed by atoms with Crippen molar-refractivity contribution in [3.05, 3.63) is 78.4 Å². The van der Waals surface area contributed by atoms with E-state index in [2.05, 4.69) is 0 Å². The SMILES string of the molecule is O=C(OC(C/C=C/CS(=O)(=O)c1ccccc1)C1CCC1)c1ccccc1. The maximum absolute atomic E-state index is 12.3. The molecule has 1 aliphatic rings. The molecule has 0 N–H and O–H groups in total. The molecule has 0 spiro atoms. The van der Waals surface area contributed by atoms with Crippen LogP contribution in [-0.2, 0) is 14.6 Å². The van der Waals surface area contributed by atoms with Crippen molar-refractivity contribution >= 4 is 15.8 Å². The Kier molecular flexibility index (Phi) is 6.45. The van der Waals surface area contributed by atoms with Gasteiger partial charge in [-0.1, -0.05) is 55.0 Å². The maximum atomic E-state index is 12.3. The summed E-state index contributed by atoms with van der Waals surface area (Å²) >= 11 is 0. The molecule has 142 valence electrons. The molecule has 1 aliphatic carbocycles. The van der Waals surface area contributed by atoms with Gasteiger partial charge in [0.05, 0.1) is 16.2 Å². The number of hydrogen-bond donors (Lipinski definition) is 0. The van der Waals surface area contributed by atoms with E-state index < -0.39 is 9.84 Å². The van der Waals surface area contributed by atoms with Gasteiger partial charge in [0.1, 0.15) is 6.10 Å². The Morgan fingerprint density at radius 2 is 1.63 bits per heavy atom. The molecule has 1 unspecified atom stereocenters. The molecule has 1 atom stereocenters. The molecule has 4 nitrogen and oxygen atoms in total. The fraction of sp³-hybridized carbons (Fsp3) is 0.318. The fourth-order valence-electron chi connectivity index (χ4n) is 3.08. The van der Waals surface area contributed by atoms with Gasteiger partial charge in [-0.15, -0.1) is 0 Å². The highest BCUT2D eigenvalue weighted by Crippen LogP contribution is 2.33. The molecule has 0 aromatic heterocycles. The molecule has 0 bridgehead atoms. The van der Waals surface area contributed by atoms with Gasteiger partial charge in [-0.25, -0.2) is 13.2 Å². The van der Waals surface area contributed by atoms with Crippen LogP contribution in [0.2, 0.25) is 0 Å². The van der Waals surface area contributed by atoms with Crippen molar-refractivity contribution in [1.29, 1.82) is 0 Å². The first kappa shape index (κ1) is 19.4. The molecule has 0 saturated heterocycles. The van der Waals surface area contributed by atoms with Crippen LogP contribution in [0, 0.1) is 5.92 Å². The van der Waals surface area contributed by atoms with Gasteiger partial charge in [-0.2, -0.15) is 0 Å². The highest BCUT2D eigenvalue weighted by Gasteiger charge is 2.29. The van der Waals surface area contributed by atoms with Crippen LogP contribution in [0.4, 0.5) is 0 Å². The van der Waals surface area contributed by atoms with E-state index in [9.17, 15) is 13.2 Å². The van der Waals surface area contributed by atoms with Crippen LogP contribution in [0.15, 0.2) is 77.7 Å². The Morgan fingerprint density at radius 1 is 1.00 bits per heavy atom. The van der Waals surface area contributed by atoms with Crippen LogP contribution < -0.4 is 0 Å². The number of rotatable bonds is 8. The van der Waals surface area contributed by atoms with Crippen LogP contribution in [0.25, 0.3) is 0 Å². The van der Waals surface area contributed by atoms with E-state index in [1.54, 1.807) is 48.5 Å². The van der Waals surface area contributed by atoms with Crippen LogP contribution in [-0.4, -0.2) is 26.2 Å². The zero-order valence-corrected chi connectivity index (χ0v) is 16.0. The predicted octanol–water partition coefficient (Wildman–Crippen LogP) is 4.43. The molecule has 2 aromatic carbocycles. The Balaban J connectivity index is 1.58. The summed E-state index contributed by atoms with van der Waals surface area (Å²) in [7, 11) is -3.33. The number of carbonyl (C=O) groups excluding carboxylic acids is 1. The molecular formula is C22H24O4S. The van der Waals surface area contributed by atoms with Crippen molar-refractivity contribution < 1.29 is 17.9 Å². The summed E-state index contributed by atoms with van der Waals surface area (Å²) in [6.45, 7) is 0. The van der Waals surface area contributed by atoms with E-state index in [1.807, 2.05) is 24.3 Å². The van der Waals surface area contributed by atoms with Gasteiger partial charge < -0.3 is 4.74 Å². The Morgan fingerprint density at radius 3 is 2.22 bits per heavy atom. The third kappa shape index (κ3) is 5.30. The predicted molar refractivity (Wildman–Crippen MR) is 105 cm³/mol. The summed E-state index contributed by atoms with van der Waals surface area (Å²) < 4.78 is 30.3. The molecule has 27 heavy (non-hydrogen) atoms. The molecule has 5 heteroatoms. The maximum Gasteiger partial charge on any atom is 0.338 e. The highest BCUT2D eigenvalue weighted by atomic mass is 32.2. The average molecular weight is 384 g/mol. The molecule has 2 aromatic rings. The zero-order valence-electron chi connectivity index (χ0n) is 15.2. The normalized spacial score (nSPS) is 16.0. The molecular weight excluding hydrogens is 360 g/mol. The highest BCUT2D eigenvalue weighted by molar-refractivity contribution is 7.91. The van der Waals surface area contributed by atoms with Crippen molar-refractivity contribution in [2.75, 3.05) is 5.75 Å². The molecule has 0 heterocycles. The third-order valence-electron chi connectivity index (χ3n) is 4.90. The van der Waals surface area contributed by atoms with Gasteiger partial charge in [0.2, 0.25) is 0 Å². The van der Waals surface area contributed by atoms with E-state index in [4.69, 9.17) is 4.74 Å². The van der Waals surface area contributed by atoms with E-state index in [0.717, 1.165) is 19.3 Å². The second-order valence-electron chi connectivity index (χ2n) is 6.80. The summed E-state index contributed by atoms with van der Waals surface area (Å²) in [4.78, 5) is 12.7. The quantitative estimate of drug-likeness (QED) is 0.499. The van der Waals surface area contributed by atoms with E-state index in [1.165, 1.54) is 0 Å². The molecule has 1 fully saturated rings. The van der Waals surface area contributed by atoms with Gasteiger partial charge >= 0.3 is 5.97 Å². The monoisotopic (exact) mass is 384 g/mol. The number of esters is 1. The van der Waals surface area contributed by atoms with E-state index in [0.29, 0.717) is 22.8 Å². The van der Waals surface area contributed by atoms with Crippen molar-refractivity contribution in [2.24, 2.45) is 5.92 Å². The number of sulfone groups is 1. The molecule has 0 aliphatic heterocycles. The molecule has 3 rings (SSSR count). The fourth-order valence-corrected chi connectivity index (χ4v) is 4.23. The Hall–Kier alpha value is -2.40. The lowest BCUT2D eigenvalue weighted by atomic mass is 9.80. The molecule has 0 radical (unpaired) electrons. The van der Waals surface area contributed by atoms with Crippen LogP contribution >= 0.6 is 0 Å². The van der Waals surface area contributed by atoms with Crippen molar-refractivity contribution in [1.82, 2.24) is 0 Å². The largest absolute Gasteiger partial charge is 0.458 e. The first-order chi connectivity index (χ1) is 13.1. The van der Waals surface area contributed by atoms with Crippen molar-refractivity contribution in [2.45, 2.75) is 36.7 Å². The number of ether oxygens (including phenoxy) is 1. The summed E-state index contributed by atoms with van der Waals surface area (Å²) in [5, 5.41) is 0. The molecule has 0 amide bonds. The average Bonchev–Trinajstić information content (AvgIpc) is 2.65. The second kappa shape index (κ2) is 9.00. The van der Waals surface area contributed by atoms with Crippen LogP contribution in [0.1, 0.15) is 36.0 Å². The van der Waals surface area contributed by atoms with Gasteiger partial charge in [0.25, 0.3) is 0 Å². The number of carbonyl (C=O) groups is 1. The standard InChI is InChI=1S/C22H24O4S/c23-22(19-10-3-1-4-11-19)26-21(18-12-9-13-18)16-7-8-17-27(24,25)20-14-5-2-6-15-20/h1-8,10-11,14-15,18,21H,9,12-13,16-17H2/b8-7+. The lowest BCUT2D eigenvalue weighted by Gasteiger charge is -2.32.